The first-order valence-electron chi connectivity index (χ1n) is 9.33. The largest absolute Gasteiger partial charge is 0.300 e. The van der Waals surface area contributed by atoms with E-state index < -0.39 is 11.7 Å². The first kappa shape index (κ1) is 18.1. The van der Waals surface area contributed by atoms with Crippen molar-refractivity contribution in [3.8, 4) is 5.69 Å². The Kier molecular flexibility index (Phi) is 4.79. The summed E-state index contributed by atoms with van der Waals surface area (Å²) < 4.78 is 1.83. The highest BCUT2D eigenvalue weighted by molar-refractivity contribution is 6.52. The van der Waals surface area contributed by atoms with Gasteiger partial charge < -0.3 is 0 Å². The number of amides is 1. The molecule has 0 saturated carbocycles. The van der Waals surface area contributed by atoms with Crippen molar-refractivity contribution in [2.75, 3.05) is 18.6 Å². The van der Waals surface area contributed by atoms with Gasteiger partial charge in [-0.2, -0.15) is 5.10 Å². The molecule has 0 aliphatic carbocycles. The van der Waals surface area contributed by atoms with Crippen LogP contribution in [0.25, 0.3) is 5.69 Å². The van der Waals surface area contributed by atoms with Gasteiger partial charge in [0.1, 0.15) is 0 Å². The van der Waals surface area contributed by atoms with Crippen LogP contribution in [0.5, 0.6) is 0 Å². The monoisotopic (exact) mass is 374 g/mol. The summed E-state index contributed by atoms with van der Waals surface area (Å²) >= 11 is 0. The Hall–Kier alpha value is -3.25. The third-order valence-corrected chi connectivity index (χ3v) is 4.94. The number of para-hydroxylation sites is 1. The first-order valence-corrected chi connectivity index (χ1v) is 9.33. The van der Waals surface area contributed by atoms with E-state index >= 15 is 0 Å². The second kappa shape index (κ2) is 7.40. The molecule has 1 amide bonds. The third-order valence-electron chi connectivity index (χ3n) is 4.94. The fourth-order valence-electron chi connectivity index (χ4n) is 3.47. The molecule has 28 heavy (non-hydrogen) atoms. The average Bonchev–Trinajstić information content (AvgIpc) is 3.27. The van der Waals surface area contributed by atoms with Gasteiger partial charge in [-0.15, -0.1) is 0 Å². The molecule has 1 aliphatic rings. The van der Waals surface area contributed by atoms with Gasteiger partial charge in [-0.05, 0) is 43.3 Å². The lowest BCUT2D eigenvalue weighted by molar-refractivity contribution is -0.114. The van der Waals surface area contributed by atoms with Crippen molar-refractivity contribution < 1.29 is 9.59 Å². The van der Waals surface area contributed by atoms with Crippen molar-refractivity contribution in [3.05, 3.63) is 77.6 Å². The highest BCUT2D eigenvalue weighted by Crippen LogP contribution is 2.30. The van der Waals surface area contributed by atoms with Gasteiger partial charge >= 0.3 is 5.91 Å². The van der Waals surface area contributed by atoms with Crippen molar-refractivity contribution in [2.45, 2.75) is 19.9 Å². The van der Waals surface area contributed by atoms with Crippen molar-refractivity contribution in [2.24, 2.45) is 0 Å². The molecular formula is C22H22N4O2. The Morgan fingerprint density at radius 2 is 1.82 bits per heavy atom. The van der Waals surface area contributed by atoms with Crippen LogP contribution in [0.4, 0.5) is 5.69 Å². The number of rotatable bonds is 6. The van der Waals surface area contributed by atoms with Crippen LogP contribution >= 0.6 is 0 Å². The predicted molar refractivity (Wildman–Crippen MR) is 108 cm³/mol. The maximum Gasteiger partial charge on any atom is 0.300 e. The second-order valence-electron chi connectivity index (χ2n) is 7.05. The van der Waals surface area contributed by atoms with Crippen LogP contribution in [0, 0.1) is 0 Å². The van der Waals surface area contributed by atoms with E-state index in [0.29, 0.717) is 24.5 Å². The second-order valence-corrected chi connectivity index (χ2v) is 7.05. The Balaban J connectivity index is 1.48. The van der Waals surface area contributed by atoms with Crippen molar-refractivity contribution in [1.82, 2.24) is 14.7 Å². The summed E-state index contributed by atoms with van der Waals surface area (Å²) in [7, 11) is 1.93. The normalized spacial score (nSPS) is 13.5. The Labute approximate surface area is 164 Å². The molecule has 4 rings (SSSR count). The van der Waals surface area contributed by atoms with Crippen molar-refractivity contribution in [3.63, 3.8) is 0 Å². The van der Waals surface area contributed by atoms with E-state index in [1.165, 1.54) is 0 Å². The molecule has 2 heterocycles. The van der Waals surface area contributed by atoms with Crippen LogP contribution in [0.15, 0.2) is 60.9 Å². The van der Waals surface area contributed by atoms with E-state index in [2.05, 4.69) is 5.10 Å². The van der Waals surface area contributed by atoms with Crippen molar-refractivity contribution >= 4 is 17.4 Å². The molecule has 3 aromatic rings. The van der Waals surface area contributed by atoms with Crippen LogP contribution in [0.3, 0.4) is 0 Å². The topological polar surface area (TPSA) is 58.4 Å². The number of hydrogen-bond donors (Lipinski definition) is 0. The van der Waals surface area contributed by atoms with Gasteiger partial charge in [0, 0.05) is 18.3 Å². The quantitative estimate of drug-likeness (QED) is 0.622. The summed E-state index contributed by atoms with van der Waals surface area (Å²) in [5, 5.41) is 4.41. The van der Waals surface area contributed by atoms with Gasteiger partial charge in [0.15, 0.2) is 0 Å². The Morgan fingerprint density at radius 1 is 1.04 bits per heavy atom. The third kappa shape index (κ3) is 3.34. The number of ketones is 1. The zero-order chi connectivity index (χ0) is 19.7. The molecule has 142 valence electrons. The minimum Gasteiger partial charge on any atom is -0.291 e. The van der Waals surface area contributed by atoms with Crippen LogP contribution in [0.1, 0.15) is 28.4 Å². The molecule has 1 aromatic heterocycles. The fourth-order valence-corrected chi connectivity index (χ4v) is 3.47. The van der Waals surface area contributed by atoms with E-state index in [1.54, 1.807) is 4.90 Å². The maximum atomic E-state index is 12.5. The molecule has 0 unspecified atom stereocenters. The number of anilines is 1. The molecule has 0 fully saturated rings. The summed E-state index contributed by atoms with van der Waals surface area (Å²) in [6.45, 7) is 3.00. The Morgan fingerprint density at radius 3 is 2.57 bits per heavy atom. The molecule has 0 bridgehead atoms. The number of Topliss-reactive ketones (excluding diaryl/α,β-unsaturated/α-hetero) is 1. The van der Waals surface area contributed by atoms with Gasteiger partial charge in [0.25, 0.3) is 5.78 Å². The molecular weight excluding hydrogens is 352 g/mol. The van der Waals surface area contributed by atoms with Crippen LogP contribution in [-0.2, 0) is 17.8 Å². The SMILES string of the molecule is CCc1ccc2c(c1)C(=O)C(=O)N2CN(C)Cc1cnn(-c2ccccc2)c1. The minimum absolute atomic E-state index is 0.347. The molecule has 0 radical (unpaired) electrons. The highest BCUT2D eigenvalue weighted by atomic mass is 16.2. The number of nitrogens with zero attached hydrogens (tertiary/aromatic N) is 4. The van der Waals surface area contributed by atoms with Crippen molar-refractivity contribution in [1.29, 1.82) is 0 Å². The minimum atomic E-state index is -0.463. The van der Waals surface area contributed by atoms with Crippen LogP contribution in [0.2, 0.25) is 0 Å². The molecule has 0 saturated heterocycles. The number of benzene rings is 2. The van der Waals surface area contributed by atoms with Crippen LogP contribution in [-0.4, -0.2) is 40.1 Å². The lowest BCUT2D eigenvalue weighted by atomic mass is 10.1. The average molecular weight is 374 g/mol. The molecule has 1 aliphatic heterocycles. The van der Waals surface area contributed by atoms with E-state index in [0.717, 1.165) is 23.2 Å². The number of hydrogen-bond acceptors (Lipinski definition) is 4. The molecule has 6 nitrogen and oxygen atoms in total. The zero-order valence-electron chi connectivity index (χ0n) is 16.0. The number of carbonyl (C=O) groups excluding carboxylic acids is 2. The lowest BCUT2D eigenvalue weighted by Crippen LogP contribution is -2.38. The molecule has 2 aromatic carbocycles. The lowest BCUT2D eigenvalue weighted by Gasteiger charge is -2.24. The summed E-state index contributed by atoms with van der Waals surface area (Å²) in [5.74, 6) is -0.884. The number of fused-ring (bicyclic) bond motifs is 1. The molecule has 6 heteroatoms. The predicted octanol–water partition coefficient (Wildman–Crippen LogP) is 3.05. The number of aromatic nitrogens is 2. The van der Waals surface area contributed by atoms with Crippen LogP contribution < -0.4 is 4.90 Å². The van der Waals surface area contributed by atoms with E-state index in [1.807, 2.05) is 84.5 Å². The van der Waals surface area contributed by atoms with Gasteiger partial charge in [-0.25, -0.2) is 4.68 Å². The summed E-state index contributed by atoms with van der Waals surface area (Å²) in [4.78, 5) is 28.4. The first-order chi connectivity index (χ1) is 13.6. The molecule has 0 spiro atoms. The van der Waals surface area contributed by atoms with E-state index in [4.69, 9.17) is 0 Å². The van der Waals surface area contributed by atoms with Gasteiger partial charge in [-0.1, -0.05) is 31.2 Å². The van der Waals surface area contributed by atoms with Gasteiger partial charge in [0.2, 0.25) is 0 Å². The number of aryl methyl sites for hydroxylation is 1. The summed E-state index contributed by atoms with van der Waals surface area (Å²) in [6, 6.07) is 15.6. The fraction of sp³-hybridized carbons (Fsp3) is 0.227. The van der Waals surface area contributed by atoms with E-state index in [-0.39, 0.29) is 0 Å². The van der Waals surface area contributed by atoms with E-state index in [9.17, 15) is 9.59 Å². The highest BCUT2D eigenvalue weighted by Gasteiger charge is 2.36. The van der Waals surface area contributed by atoms with Gasteiger partial charge in [-0.3, -0.25) is 19.4 Å². The smallest absolute Gasteiger partial charge is 0.291 e. The standard InChI is InChI=1S/C22H22N4O2/c1-3-16-9-10-20-19(11-16)21(27)22(28)25(20)15-24(2)13-17-12-23-26(14-17)18-7-5-4-6-8-18/h4-12,14H,3,13,15H2,1-2H3. The Bertz CT molecular complexity index is 1030. The zero-order valence-corrected chi connectivity index (χ0v) is 16.0. The maximum absolute atomic E-state index is 12.5. The summed E-state index contributed by atoms with van der Waals surface area (Å²) in [5.41, 5.74) is 4.29. The molecule has 0 atom stereocenters. The summed E-state index contributed by atoms with van der Waals surface area (Å²) in [6.07, 6.45) is 4.63. The molecule has 0 N–H and O–H groups in total. The van der Waals surface area contributed by atoms with Gasteiger partial charge in [0.05, 0.1) is 29.8 Å². The number of carbonyl (C=O) groups is 2.